The number of hydrogen-bond donors (Lipinski definition) is 0. The normalized spacial score (nSPS) is 14.4. The van der Waals surface area contributed by atoms with E-state index in [2.05, 4.69) is 4.99 Å². The van der Waals surface area contributed by atoms with Crippen molar-refractivity contribution in [3.05, 3.63) is 58.6 Å². The number of nitrogens with zero attached hydrogens (tertiary/aromatic N) is 3. The van der Waals surface area contributed by atoms with Crippen LogP contribution in [-0.2, 0) is 25.7 Å². The summed E-state index contributed by atoms with van der Waals surface area (Å²) in [6.45, 7) is 1.71. The number of halogens is 1. The molecule has 2 heterocycles. The van der Waals surface area contributed by atoms with E-state index in [9.17, 15) is 23.6 Å². The number of benzene rings is 2. The van der Waals surface area contributed by atoms with Crippen molar-refractivity contribution in [2.45, 2.75) is 26.3 Å². The SMILES string of the molecule is CCOC(=O)Cn1c(=NC(=O)c2ccc(N3C(=O)CCC3=O)cc2)sc2cc(F)ccc21. The van der Waals surface area contributed by atoms with Gasteiger partial charge < -0.3 is 9.30 Å². The fourth-order valence-corrected chi connectivity index (χ4v) is 4.44. The van der Waals surface area contributed by atoms with Crippen LogP contribution in [0.2, 0.25) is 0 Å². The molecule has 1 fully saturated rings. The van der Waals surface area contributed by atoms with Crippen LogP contribution in [0.1, 0.15) is 30.1 Å². The van der Waals surface area contributed by atoms with E-state index in [1.54, 1.807) is 6.92 Å². The Hall–Kier alpha value is -3.66. The molecule has 2 aromatic carbocycles. The number of amides is 3. The summed E-state index contributed by atoms with van der Waals surface area (Å²) in [5.41, 5.74) is 1.18. The zero-order valence-corrected chi connectivity index (χ0v) is 17.9. The van der Waals surface area contributed by atoms with Gasteiger partial charge in [-0.05, 0) is 49.4 Å². The van der Waals surface area contributed by atoms with E-state index in [-0.39, 0.29) is 48.2 Å². The number of carbonyl (C=O) groups is 4. The van der Waals surface area contributed by atoms with Gasteiger partial charge in [0.2, 0.25) is 11.8 Å². The van der Waals surface area contributed by atoms with Crippen molar-refractivity contribution in [2.24, 2.45) is 4.99 Å². The van der Waals surface area contributed by atoms with Gasteiger partial charge in [-0.1, -0.05) is 11.3 Å². The van der Waals surface area contributed by atoms with Gasteiger partial charge in [-0.3, -0.25) is 24.1 Å². The molecule has 0 spiro atoms. The number of ether oxygens (including phenoxy) is 1. The average molecular weight is 455 g/mol. The first kappa shape index (κ1) is 21.6. The minimum absolute atomic E-state index is 0.168. The van der Waals surface area contributed by atoms with Gasteiger partial charge in [0.1, 0.15) is 12.4 Å². The third kappa shape index (κ3) is 4.22. The van der Waals surface area contributed by atoms with Gasteiger partial charge in [0.05, 0.1) is 22.5 Å². The molecule has 32 heavy (non-hydrogen) atoms. The first-order valence-corrected chi connectivity index (χ1v) is 10.7. The van der Waals surface area contributed by atoms with Crippen LogP contribution in [0.3, 0.4) is 0 Å². The molecule has 164 valence electrons. The maximum Gasteiger partial charge on any atom is 0.326 e. The Morgan fingerprint density at radius 1 is 1.09 bits per heavy atom. The van der Waals surface area contributed by atoms with Gasteiger partial charge >= 0.3 is 5.97 Å². The Labute approximate surface area is 185 Å². The van der Waals surface area contributed by atoms with E-state index in [0.29, 0.717) is 15.9 Å². The molecular formula is C22H18FN3O5S. The van der Waals surface area contributed by atoms with Crippen molar-refractivity contribution < 1.29 is 28.3 Å². The molecule has 4 rings (SSSR count). The summed E-state index contributed by atoms with van der Waals surface area (Å²) in [5.74, 6) is -2.09. The molecule has 1 aliphatic rings. The van der Waals surface area contributed by atoms with E-state index in [0.717, 1.165) is 16.2 Å². The first-order valence-electron chi connectivity index (χ1n) is 9.87. The van der Waals surface area contributed by atoms with Crippen LogP contribution in [0, 0.1) is 5.82 Å². The largest absolute Gasteiger partial charge is 0.465 e. The summed E-state index contributed by atoms with van der Waals surface area (Å²) >= 11 is 1.08. The van der Waals surface area contributed by atoms with Crippen LogP contribution >= 0.6 is 11.3 Å². The van der Waals surface area contributed by atoms with Crippen LogP contribution in [0.5, 0.6) is 0 Å². The fraction of sp³-hybridized carbons (Fsp3) is 0.227. The van der Waals surface area contributed by atoms with Gasteiger partial charge in [-0.2, -0.15) is 4.99 Å². The highest BCUT2D eigenvalue weighted by Gasteiger charge is 2.30. The number of fused-ring (bicyclic) bond motifs is 1. The molecule has 0 bridgehead atoms. The lowest BCUT2D eigenvalue weighted by Crippen LogP contribution is -2.28. The molecule has 0 N–H and O–H groups in total. The zero-order chi connectivity index (χ0) is 22.8. The summed E-state index contributed by atoms with van der Waals surface area (Å²) in [6.07, 6.45) is 0.337. The van der Waals surface area contributed by atoms with Gasteiger partial charge in [-0.25, -0.2) is 4.39 Å². The van der Waals surface area contributed by atoms with E-state index < -0.39 is 17.7 Å². The number of esters is 1. The predicted molar refractivity (Wildman–Crippen MR) is 114 cm³/mol. The number of rotatable bonds is 5. The summed E-state index contributed by atoms with van der Waals surface area (Å²) in [4.78, 5) is 54.0. The predicted octanol–water partition coefficient (Wildman–Crippen LogP) is 2.80. The average Bonchev–Trinajstić information content (AvgIpc) is 3.26. The third-order valence-corrected chi connectivity index (χ3v) is 5.90. The van der Waals surface area contributed by atoms with Crippen LogP contribution in [0.25, 0.3) is 10.2 Å². The maximum absolute atomic E-state index is 13.7. The molecule has 0 radical (unpaired) electrons. The van der Waals surface area contributed by atoms with Crippen molar-refractivity contribution in [1.29, 1.82) is 0 Å². The summed E-state index contributed by atoms with van der Waals surface area (Å²) in [7, 11) is 0. The molecule has 1 saturated heterocycles. The first-order chi connectivity index (χ1) is 15.4. The Morgan fingerprint density at radius 3 is 2.44 bits per heavy atom. The van der Waals surface area contributed by atoms with E-state index in [4.69, 9.17) is 4.74 Å². The smallest absolute Gasteiger partial charge is 0.326 e. The second kappa shape index (κ2) is 8.83. The molecule has 0 aliphatic carbocycles. The molecule has 1 aromatic heterocycles. The highest BCUT2D eigenvalue weighted by atomic mass is 32.1. The highest BCUT2D eigenvalue weighted by Crippen LogP contribution is 2.23. The Morgan fingerprint density at radius 2 is 1.78 bits per heavy atom. The quantitative estimate of drug-likeness (QED) is 0.435. The Balaban J connectivity index is 1.69. The lowest BCUT2D eigenvalue weighted by Gasteiger charge is -2.13. The number of thiazole rings is 1. The summed E-state index contributed by atoms with van der Waals surface area (Å²) in [6, 6.07) is 10.1. The summed E-state index contributed by atoms with van der Waals surface area (Å²) < 4.78 is 20.7. The molecule has 10 heteroatoms. The lowest BCUT2D eigenvalue weighted by molar-refractivity contribution is -0.143. The molecular weight excluding hydrogens is 437 g/mol. The van der Waals surface area contributed by atoms with Crippen LogP contribution in [0.15, 0.2) is 47.5 Å². The van der Waals surface area contributed by atoms with Crippen molar-refractivity contribution in [1.82, 2.24) is 4.57 Å². The van der Waals surface area contributed by atoms with Crippen molar-refractivity contribution >= 4 is 50.9 Å². The zero-order valence-electron chi connectivity index (χ0n) is 17.0. The van der Waals surface area contributed by atoms with Gasteiger partial charge in [0, 0.05) is 18.4 Å². The fourth-order valence-electron chi connectivity index (χ4n) is 3.39. The van der Waals surface area contributed by atoms with Crippen molar-refractivity contribution in [3.8, 4) is 0 Å². The number of aromatic nitrogens is 1. The van der Waals surface area contributed by atoms with Crippen LogP contribution in [-0.4, -0.2) is 34.9 Å². The molecule has 3 aromatic rings. The topological polar surface area (TPSA) is 98.0 Å². The van der Waals surface area contributed by atoms with Gasteiger partial charge in [-0.15, -0.1) is 0 Å². The minimum atomic E-state index is -0.583. The maximum atomic E-state index is 13.7. The standard InChI is InChI=1S/C22H18FN3O5S/c1-2-31-20(29)12-25-16-8-5-14(23)11-17(16)32-22(25)24-21(30)13-3-6-15(7-4-13)26-18(27)9-10-19(26)28/h3-8,11H,2,9-10,12H2,1H3. The minimum Gasteiger partial charge on any atom is -0.465 e. The van der Waals surface area contributed by atoms with E-state index in [1.807, 2.05) is 0 Å². The molecule has 0 saturated carbocycles. The van der Waals surface area contributed by atoms with Crippen LogP contribution in [0.4, 0.5) is 10.1 Å². The van der Waals surface area contributed by atoms with Gasteiger partial charge in [0.15, 0.2) is 4.80 Å². The van der Waals surface area contributed by atoms with E-state index >= 15 is 0 Å². The van der Waals surface area contributed by atoms with Crippen LogP contribution < -0.4 is 9.70 Å². The molecule has 3 amide bonds. The molecule has 0 unspecified atom stereocenters. The highest BCUT2D eigenvalue weighted by molar-refractivity contribution is 7.16. The molecule has 1 aliphatic heterocycles. The molecule has 8 nitrogen and oxygen atoms in total. The number of carbonyl (C=O) groups excluding carboxylic acids is 4. The van der Waals surface area contributed by atoms with Gasteiger partial charge in [0.25, 0.3) is 5.91 Å². The Bertz CT molecular complexity index is 1290. The number of hydrogen-bond acceptors (Lipinski definition) is 6. The number of imide groups is 1. The number of anilines is 1. The van der Waals surface area contributed by atoms with Crippen molar-refractivity contribution in [3.63, 3.8) is 0 Å². The Kier molecular flexibility index (Phi) is 5.95. The summed E-state index contributed by atoms with van der Waals surface area (Å²) in [5, 5.41) is 0. The monoisotopic (exact) mass is 455 g/mol. The lowest BCUT2D eigenvalue weighted by atomic mass is 10.2. The second-order valence-corrected chi connectivity index (χ2v) is 7.98. The second-order valence-electron chi connectivity index (χ2n) is 6.97. The van der Waals surface area contributed by atoms with E-state index in [1.165, 1.54) is 47.0 Å². The third-order valence-electron chi connectivity index (χ3n) is 4.86. The van der Waals surface area contributed by atoms with Crippen molar-refractivity contribution in [2.75, 3.05) is 11.5 Å². The molecule has 0 atom stereocenters.